The molecule has 3 heterocycles. The maximum Gasteiger partial charge on any atom is 0.226 e. The maximum absolute atomic E-state index is 12.1. The van der Waals surface area contributed by atoms with Crippen LogP contribution in [0, 0.1) is 6.92 Å². The largest absolute Gasteiger partial charge is 0.377 e. The molecule has 0 saturated carbocycles. The van der Waals surface area contributed by atoms with E-state index in [2.05, 4.69) is 15.4 Å². The minimum absolute atomic E-state index is 0.0482. The monoisotopic (exact) mass is 337 g/mol. The van der Waals surface area contributed by atoms with Gasteiger partial charge in [0.25, 0.3) is 0 Å². The summed E-state index contributed by atoms with van der Waals surface area (Å²) in [5.41, 5.74) is 0. The molecule has 0 bridgehead atoms. The van der Waals surface area contributed by atoms with Crippen molar-refractivity contribution in [1.82, 2.24) is 10.1 Å². The second-order valence-corrected chi connectivity index (χ2v) is 6.65. The van der Waals surface area contributed by atoms with Crippen LogP contribution in [0.1, 0.15) is 37.9 Å². The normalized spacial score (nSPS) is 23.9. The van der Waals surface area contributed by atoms with Crippen molar-refractivity contribution in [2.45, 2.75) is 51.2 Å². The van der Waals surface area contributed by atoms with Crippen LogP contribution in [-0.2, 0) is 14.3 Å². The van der Waals surface area contributed by atoms with Crippen molar-refractivity contribution in [2.75, 3.05) is 38.2 Å². The number of nitrogens with one attached hydrogen (secondary N) is 1. The van der Waals surface area contributed by atoms with Crippen molar-refractivity contribution in [3.63, 3.8) is 0 Å². The van der Waals surface area contributed by atoms with Crippen LogP contribution in [0.5, 0.6) is 0 Å². The third kappa shape index (κ3) is 5.29. The highest BCUT2D eigenvalue weighted by molar-refractivity contribution is 5.89. The van der Waals surface area contributed by atoms with Crippen molar-refractivity contribution in [3.05, 3.63) is 11.8 Å². The number of rotatable bonds is 8. The standard InChI is InChI=1S/C17H27N3O4/c1-13-10-16(19-24-13)18-17(21)6-7-20(11-14-4-2-8-22-14)12-15-5-3-9-23-15/h10,14-15H,2-9,11-12H2,1H3,(H,18,19,21)/t14-,15-/m1/s1. The van der Waals surface area contributed by atoms with Crippen molar-refractivity contribution >= 4 is 11.7 Å². The molecule has 7 nitrogen and oxygen atoms in total. The first-order valence-corrected chi connectivity index (χ1v) is 8.88. The Morgan fingerprint density at radius 2 is 1.92 bits per heavy atom. The average molecular weight is 337 g/mol. The number of amides is 1. The fourth-order valence-electron chi connectivity index (χ4n) is 3.30. The van der Waals surface area contributed by atoms with Gasteiger partial charge in [-0.15, -0.1) is 0 Å². The molecule has 0 spiro atoms. The lowest BCUT2D eigenvalue weighted by Gasteiger charge is -2.27. The summed E-state index contributed by atoms with van der Waals surface area (Å²) in [6.45, 7) is 5.94. The predicted octanol–water partition coefficient (Wildman–Crippen LogP) is 1.97. The van der Waals surface area contributed by atoms with Crippen molar-refractivity contribution in [3.8, 4) is 0 Å². The molecule has 2 atom stereocenters. The van der Waals surface area contributed by atoms with Gasteiger partial charge < -0.3 is 19.3 Å². The molecule has 2 saturated heterocycles. The minimum Gasteiger partial charge on any atom is -0.377 e. The molecule has 7 heteroatoms. The van der Waals surface area contributed by atoms with Crippen molar-refractivity contribution < 1.29 is 18.8 Å². The summed E-state index contributed by atoms with van der Waals surface area (Å²) < 4.78 is 16.5. The van der Waals surface area contributed by atoms with E-state index in [4.69, 9.17) is 14.0 Å². The van der Waals surface area contributed by atoms with Crippen LogP contribution < -0.4 is 5.32 Å². The van der Waals surface area contributed by atoms with E-state index in [0.29, 0.717) is 24.5 Å². The van der Waals surface area contributed by atoms with Gasteiger partial charge in [-0.3, -0.25) is 9.69 Å². The van der Waals surface area contributed by atoms with Gasteiger partial charge >= 0.3 is 0 Å². The number of ether oxygens (including phenoxy) is 2. The zero-order valence-corrected chi connectivity index (χ0v) is 14.3. The van der Waals surface area contributed by atoms with Gasteiger partial charge in [0, 0.05) is 45.3 Å². The number of nitrogens with zero attached hydrogens (tertiary/aromatic N) is 2. The smallest absolute Gasteiger partial charge is 0.226 e. The second-order valence-electron chi connectivity index (χ2n) is 6.65. The molecule has 134 valence electrons. The highest BCUT2D eigenvalue weighted by atomic mass is 16.5. The molecule has 2 fully saturated rings. The van der Waals surface area contributed by atoms with Crippen LogP contribution in [0.3, 0.4) is 0 Å². The summed E-state index contributed by atoms with van der Waals surface area (Å²) in [7, 11) is 0. The van der Waals surface area contributed by atoms with E-state index in [1.54, 1.807) is 13.0 Å². The highest BCUT2D eigenvalue weighted by Crippen LogP contribution is 2.17. The summed E-state index contributed by atoms with van der Waals surface area (Å²) in [4.78, 5) is 14.4. The number of carbonyl (C=O) groups is 1. The second kappa shape index (κ2) is 8.60. The molecule has 3 rings (SSSR count). The van der Waals surface area contributed by atoms with Crippen LogP contribution >= 0.6 is 0 Å². The van der Waals surface area contributed by atoms with E-state index in [0.717, 1.165) is 52.0 Å². The topological polar surface area (TPSA) is 76.8 Å². The van der Waals surface area contributed by atoms with Gasteiger partial charge in [-0.1, -0.05) is 5.16 Å². The molecule has 1 amide bonds. The number of hydrogen-bond donors (Lipinski definition) is 1. The van der Waals surface area contributed by atoms with Gasteiger partial charge in [0.15, 0.2) is 5.82 Å². The molecule has 0 unspecified atom stereocenters. The van der Waals surface area contributed by atoms with Crippen LogP contribution in [0.4, 0.5) is 5.82 Å². The van der Waals surface area contributed by atoms with E-state index in [-0.39, 0.29) is 18.1 Å². The predicted molar refractivity (Wildman–Crippen MR) is 88.9 cm³/mol. The Morgan fingerprint density at radius 1 is 1.25 bits per heavy atom. The quantitative estimate of drug-likeness (QED) is 0.781. The first-order chi connectivity index (χ1) is 11.7. The minimum atomic E-state index is -0.0482. The maximum atomic E-state index is 12.1. The highest BCUT2D eigenvalue weighted by Gasteiger charge is 2.24. The Kier molecular flexibility index (Phi) is 6.23. The summed E-state index contributed by atoms with van der Waals surface area (Å²) in [5, 5.41) is 6.56. The van der Waals surface area contributed by atoms with E-state index in [1.165, 1.54) is 0 Å². The average Bonchev–Trinajstić information content (AvgIpc) is 3.29. The van der Waals surface area contributed by atoms with Crippen molar-refractivity contribution in [1.29, 1.82) is 0 Å². The first-order valence-electron chi connectivity index (χ1n) is 8.88. The zero-order valence-electron chi connectivity index (χ0n) is 14.3. The van der Waals surface area contributed by atoms with E-state index in [1.807, 2.05) is 0 Å². The van der Waals surface area contributed by atoms with Gasteiger partial charge in [-0.05, 0) is 32.6 Å². The summed E-state index contributed by atoms with van der Waals surface area (Å²) in [6.07, 6.45) is 5.46. The lowest BCUT2D eigenvalue weighted by molar-refractivity contribution is -0.116. The van der Waals surface area contributed by atoms with E-state index in [9.17, 15) is 4.79 Å². The Morgan fingerprint density at radius 3 is 2.42 bits per heavy atom. The molecule has 24 heavy (non-hydrogen) atoms. The van der Waals surface area contributed by atoms with Gasteiger partial charge in [-0.2, -0.15) is 0 Å². The number of aromatic nitrogens is 1. The Bertz CT molecular complexity index is 504. The van der Waals surface area contributed by atoms with Crippen LogP contribution in [0.2, 0.25) is 0 Å². The lowest BCUT2D eigenvalue weighted by Crippen LogP contribution is -2.39. The van der Waals surface area contributed by atoms with E-state index < -0.39 is 0 Å². The van der Waals surface area contributed by atoms with Crippen LogP contribution in [0.15, 0.2) is 10.6 Å². The number of anilines is 1. The van der Waals surface area contributed by atoms with E-state index >= 15 is 0 Å². The summed E-state index contributed by atoms with van der Waals surface area (Å²) in [5.74, 6) is 1.11. The van der Waals surface area contributed by atoms with Gasteiger partial charge in [0.05, 0.1) is 12.2 Å². The molecule has 0 aliphatic carbocycles. The third-order valence-electron chi connectivity index (χ3n) is 4.52. The molecule has 1 aromatic rings. The third-order valence-corrected chi connectivity index (χ3v) is 4.52. The Balaban J connectivity index is 1.47. The fourth-order valence-corrected chi connectivity index (χ4v) is 3.30. The molecule has 2 aliphatic rings. The fraction of sp³-hybridized carbons (Fsp3) is 0.765. The van der Waals surface area contributed by atoms with Crippen LogP contribution in [-0.4, -0.2) is 61.0 Å². The number of carbonyl (C=O) groups excluding carboxylic acids is 1. The van der Waals surface area contributed by atoms with Crippen molar-refractivity contribution in [2.24, 2.45) is 0 Å². The SMILES string of the molecule is Cc1cc(NC(=O)CCN(C[C@H]2CCCO2)C[C@H]2CCCO2)no1. The first kappa shape index (κ1) is 17.4. The lowest BCUT2D eigenvalue weighted by atomic mass is 10.2. The van der Waals surface area contributed by atoms with Gasteiger partial charge in [0.2, 0.25) is 5.91 Å². The molecule has 2 aliphatic heterocycles. The molecular weight excluding hydrogens is 310 g/mol. The van der Waals surface area contributed by atoms with Gasteiger partial charge in [-0.25, -0.2) is 0 Å². The summed E-state index contributed by atoms with van der Waals surface area (Å²) >= 11 is 0. The molecule has 0 aromatic carbocycles. The van der Waals surface area contributed by atoms with Crippen LogP contribution in [0.25, 0.3) is 0 Å². The number of aryl methyl sites for hydroxylation is 1. The number of hydrogen-bond acceptors (Lipinski definition) is 6. The molecule has 1 N–H and O–H groups in total. The zero-order chi connectivity index (χ0) is 16.8. The molecule has 1 aromatic heterocycles. The van der Waals surface area contributed by atoms with Gasteiger partial charge in [0.1, 0.15) is 5.76 Å². The molecule has 0 radical (unpaired) electrons. The Labute approximate surface area is 142 Å². The Hall–Kier alpha value is -1.44. The molecular formula is C17H27N3O4. The summed E-state index contributed by atoms with van der Waals surface area (Å²) in [6, 6.07) is 1.72.